The molecule has 11 heteroatoms. The second kappa shape index (κ2) is 7.65. The molecule has 2 N–H and O–H groups in total. The van der Waals surface area contributed by atoms with Gasteiger partial charge in [0.15, 0.2) is 0 Å². The lowest BCUT2D eigenvalue weighted by molar-refractivity contribution is -0.117. The summed E-state index contributed by atoms with van der Waals surface area (Å²) < 4.78 is 52.2. The molecule has 1 aliphatic rings. The Morgan fingerprint density at radius 3 is 2.34 bits per heavy atom. The third kappa shape index (κ3) is 4.52. The van der Waals surface area contributed by atoms with E-state index < -0.39 is 32.7 Å². The first-order valence-corrected chi connectivity index (χ1v) is 11.7. The number of phenolic OH excluding ortho intramolecular Hbond substituents is 1. The summed E-state index contributed by atoms with van der Waals surface area (Å²) in [4.78, 5) is 11.4. The van der Waals surface area contributed by atoms with Gasteiger partial charge in [-0.05, 0) is 35.2 Å². The normalized spacial score (nSPS) is 16.2. The highest BCUT2D eigenvalue weighted by Crippen LogP contribution is 2.32. The number of carbonyl (C=O) groups is 1. The van der Waals surface area contributed by atoms with Gasteiger partial charge in [-0.1, -0.05) is 30.3 Å². The molecule has 0 aliphatic carbocycles. The second-order valence-electron chi connectivity index (χ2n) is 6.84. The SMILES string of the molecule is CN(C)S(=O)(=O)Cc1ccccc1Cc1ccc(N2CC(=O)NS2(=O)=O)c(O)c1. The van der Waals surface area contributed by atoms with Gasteiger partial charge in [0.25, 0.3) is 5.91 Å². The van der Waals surface area contributed by atoms with E-state index in [0.717, 1.165) is 14.2 Å². The third-order valence-electron chi connectivity index (χ3n) is 4.54. The summed E-state index contributed by atoms with van der Waals surface area (Å²) in [6.07, 6.45) is 0.344. The molecule has 1 amide bonds. The maximum Gasteiger partial charge on any atom is 0.326 e. The van der Waals surface area contributed by atoms with Gasteiger partial charge in [0.05, 0.1) is 11.4 Å². The van der Waals surface area contributed by atoms with Crippen molar-refractivity contribution in [2.45, 2.75) is 12.2 Å². The summed E-state index contributed by atoms with van der Waals surface area (Å²) in [7, 11) is -4.51. The smallest absolute Gasteiger partial charge is 0.326 e. The van der Waals surface area contributed by atoms with Crippen molar-refractivity contribution in [1.82, 2.24) is 9.03 Å². The van der Waals surface area contributed by atoms with Crippen molar-refractivity contribution in [2.75, 3.05) is 24.9 Å². The van der Waals surface area contributed by atoms with Crippen LogP contribution >= 0.6 is 0 Å². The summed E-state index contributed by atoms with van der Waals surface area (Å²) in [5, 5.41) is 10.3. The Morgan fingerprint density at radius 2 is 1.79 bits per heavy atom. The predicted octanol–water partition coefficient (Wildman–Crippen LogP) is 0.555. The van der Waals surface area contributed by atoms with Crippen molar-refractivity contribution >= 4 is 31.8 Å². The molecule has 0 spiro atoms. The largest absolute Gasteiger partial charge is 0.506 e. The molecule has 29 heavy (non-hydrogen) atoms. The van der Waals surface area contributed by atoms with Crippen molar-refractivity contribution in [3.8, 4) is 5.75 Å². The Balaban J connectivity index is 1.88. The lowest BCUT2D eigenvalue weighted by atomic mass is 10.00. The van der Waals surface area contributed by atoms with Crippen LogP contribution in [0.4, 0.5) is 5.69 Å². The van der Waals surface area contributed by atoms with Gasteiger partial charge in [0, 0.05) is 14.1 Å². The topological polar surface area (TPSA) is 124 Å². The minimum Gasteiger partial charge on any atom is -0.506 e. The van der Waals surface area contributed by atoms with E-state index in [4.69, 9.17) is 0 Å². The van der Waals surface area contributed by atoms with Crippen LogP contribution in [0.1, 0.15) is 16.7 Å². The molecule has 2 aromatic carbocycles. The number of hydrogen-bond donors (Lipinski definition) is 2. The van der Waals surface area contributed by atoms with Gasteiger partial charge < -0.3 is 5.11 Å². The van der Waals surface area contributed by atoms with Gasteiger partial charge in [0.1, 0.15) is 12.3 Å². The number of nitrogens with zero attached hydrogens (tertiary/aromatic N) is 2. The van der Waals surface area contributed by atoms with Gasteiger partial charge in [-0.15, -0.1) is 0 Å². The number of sulfonamides is 1. The van der Waals surface area contributed by atoms with Gasteiger partial charge >= 0.3 is 10.2 Å². The number of phenols is 1. The Bertz CT molecular complexity index is 1160. The van der Waals surface area contributed by atoms with E-state index in [1.54, 1.807) is 30.3 Å². The van der Waals surface area contributed by atoms with Crippen LogP contribution in [-0.4, -0.2) is 52.8 Å². The first-order valence-electron chi connectivity index (χ1n) is 8.62. The summed E-state index contributed by atoms with van der Waals surface area (Å²) in [6, 6.07) is 11.5. The molecule has 9 nitrogen and oxygen atoms in total. The fourth-order valence-corrected chi connectivity index (χ4v) is 5.06. The Labute approximate surface area is 169 Å². The molecule has 0 aromatic heterocycles. The molecule has 0 atom stereocenters. The van der Waals surface area contributed by atoms with Crippen LogP contribution in [0.25, 0.3) is 0 Å². The minimum absolute atomic E-state index is 0.00410. The van der Waals surface area contributed by atoms with Crippen LogP contribution in [0.5, 0.6) is 5.75 Å². The average Bonchev–Trinajstić information content (AvgIpc) is 2.88. The second-order valence-corrected chi connectivity index (χ2v) is 10.6. The van der Waals surface area contributed by atoms with Crippen LogP contribution in [0.15, 0.2) is 42.5 Å². The lowest BCUT2D eigenvalue weighted by Gasteiger charge is -2.17. The molecule has 0 unspecified atom stereocenters. The first-order chi connectivity index (χ1) is 13.5. The minimum atomic E-state index is -4.02. The van der Waals surface area contributed by atoms with Crippen molar-refractivity contribution in [3.05, 3.63) is 59.2 Å². The van der Waals surface area contributed by atoms with Gasteiger partial charge in [-0.2, -0.15) is 8.42 Å². The van der Waals surface area contributed by atoms with E-state index in [1.807, 2.05) is 4.72 Å². The molecule has 1 aliphatic heterocycles. The first kappa shape index (κ1) is 21.1. The Morgan fingerprint density at radius 1 is 1.14 bits per heavy atom. The van der Waals surface area contributed by atoms with E-state index >= 15 is 0 Å². The van der Waals surface area contributed by atoms with E-state index in [1.165, 1.54) is 26.2 Å². The van der Waals surface area contributed by atoms with E-state index in [2.05, 4.69) is 0 Å². The fourth-order valence-electron chi connectivity index (χ4n) is 2.97. The molecule has 0 radical (unpaired) electrons. The molecule has 1 saturated heterocycles. The molecule has 1 fully saturated rings. The van der Waals surface area contributed by atoms with Crippen LogP contribution in [0.2, 0.25) is 0 Å². The summed E-state index contributed by atoms with van der Waals surface area (Å²) in [5.41, 5.74) is 2.07. The fraction of sp³-hybridized carbons (Fsp3) is 0.278. The standard InChI is InChI=1S/C18H21N3O6S2/c1-20(2)28(24,25)12-15-6-4-3-5-14(15)9-13-7-8-16(17(22)10-13)21-11-18(23)19-29(21,26)27/h3-8,10,22H,9,11-12H2,1-2H3,(H,19,23). The van der Waals surface area contributed by atoms with Gasteiger partial charge in [-0.25, -0.2) is 21.8 Å². The highest BCUT2D eigenvalue weighted by molar-refractivity contribution is 7.92. The number of carbonyl (C=O) groups excluding carboxylic acids is 1. The third-order valence-corrected chi connectivity index (χ3v) is 7.72. The summed E-state index contributed by atoms with van der Waals surface area (Å²) >= 11 is 0. The van der Waals surface area contributed by atoms with Crippen molar-refractivity contribution in [1.29, 1.82) is 0 Å². The highest BCUT2D eigenvalue weighted by Gasteiger charge is 2.35. The number of hydrogen-bond acceptors (Lipinski definition) is 6. The van der Waals surface area contributed by atoms with Crippen molar-refractivity contribution < 1.29 is 26.7 Å². The number of benzene rings is 2. The number of amides is 1. The summed E-state index contributed by atoms with van der Waals surface area (Å²) in [5.74, 6) is -1.12. The van der Waals surface area contributed by atoms with Crippen LogP contribution < -0.4 is 9.03 Å². The zero-order valence-corrected chi connectivity index (χ0v) is 17.5. The lowest BCUT2D eigenvalue weighted by Crippen LogP contribution is -2.29. The zero-order chi connectivity index (χ0) is 21.4. The Kier molecular flexibility index (Phi) is 5.57. The number of nitrogens with one attached hydrogen (secondary N) is 1. The van der Waals surface area contributed by atoms with Gasteiger partial charge in [0.2, 0.25) is 10.0 Å². The molecular weight excluding hydrogens is 418 g/mol. The molecule has 3 rings (SSSR count). The number of aromatic hydroxyl groups is 1. The maximum atomic E-state index is 12.2. The van der Waals surface area contributed by atoms with Gasteiger partial charge in [-0.3, -0.25) is 4.79 Å². The quantitative estimate of drug-likeness (QED) is 0.678. The predicted molar refractivity (Wildman–Crippen MR) is 108 cm³/mol. The molecule has 0 saturated carbocycles. The highest BCUT2D eigenvalue weighted by atomic mass is 32.2. The van der Waals surface area contributed by atoms with E-state index in [-0.39, 0.29) is 17.2 Å². The number of rotatable bonds is 6. The monoisotopic (exact) mass is 439 g/mol. The summed E-state index contributed by atoms with van der Waals surface area (Å²) in [6.45, 7) is -0.402. The van der Waals surface area contributed by atoms with Crippen LogP contribution in [-0.2, 0) is 37.2 Å². The van der Waals surface area contributed by atoms with E-state index in [0.29, 0.717) is 17.5 Å². The molecular formula is C18H21N3O6S2. The molecule has 156 valence electrons. The zero-order valence-electron chi connectivity index (χ0n) is 15.9. The molecule has 1 heterocycles. The van der Waals surface area contributed by atoms with E-state index in [9.17, 15) is 26.7 Å². The van der Waals surface area contributed by atoms with Crippen LogP contribution in [0, 0.1) is 0 Å². The van der Waals surface area contributed by atoms with Crippen molar-refractivity contribution in [2.24, 2.45) is 0 Å². The average molecular weight is 440 g/mol. The number of anilines is 1. The molecule has 0 bridgehead atoms. The van der Waals surface area contributed by atoms with Crippen LogP contribution in [0.3, 0.4) is 0 Å². The Hall–Kier alpha value is -2.63. The maximum absolute atomic E-state index is 12.2. The van der Waals surface area contributed by atoms with Crippen molar-refractivity contribution in [3.63, 3.8) is 0 Å². The molecule has 2 aromatic rings.